The second kappa shape index (κ2) is 8.85. The summed E-state index contributed by atoms with van der Waals surface area (Å²) in [6, 6.07) is 10.1. The van der Waals surface area contributed by atoms with Crippen LogP contribution in [-0.2, 0) is 10.8 Å². The number of ether oxygens (including phenoxy) is 1. The van der Waals surface area contributed by atoms with Gasteiger partial charge in [0.1, 0.15) is 17.5 Å². The first kappa shape index (κ1) is 24.2. The van der Waals surface area contributed by atoms with Gasteiger partial charge >= 0.3 is 0 Å². The van der Waals surface area contributed by atoms with Crippen molar-refractivity contribution in [2.75, 3.05) is 0 Å². The van der Waals surface area contributed by atoms with Gasteiger partial charge in [-0.15, -0.1) is 0 Å². The first-order valence-corrected chi connectivity index (χ1v) is 13.3. The summed E-state index contributed by atoms with van der Waals surface area (Å²) in [6.07, 6.45) is 1.42. The van der Waals surface area contributed by atoms with E-state index in [0.717, 1.165) is 5.56 Å². The maximum atomic E-state index is 13.2. The van der Waals surface area contributed by atoms with E-state index in [2.05, 4.69) is 39.9 Å². The molecule has 3 atom stereocenters. The predicted octanol–water partition coefficient (Wildman–Crippen LogP) is 4.07. The molecule has 0 saturated carbocycles. The van der Waals surface area contributed by atoms with Crippen LogP contribution in [0.2, 0.25) is 13.1 Å². The SMILES string of the molecule is C[Si](C)OC(Cc1ccn([C@@H]2c3cc(C#N)ccc3OC(C)(C)[C@H]2O)c(=O)c1)C(C)(C)C. The maximum absolute atomic E-state index is 13.2. The highest BCUT2D eigenvalue weighted by molar-refractivity contribution is 6.48. The van der Waals surface area contributed by atoms with Crippen molar-refractivity contribution in [1.82, 2.24) is 4.57 Å². The number of hydrogen-bond donors (Lipinski definition) is 1. The number of aliphatic hydroxyl groups excluding tert-OH is 1. The molecule has 0 spiro atoms. The van der Waals surface area contributed by atoms with Crippen molar-refractivity contribution in [2.24, 2.45) is 5.41 Å². The number of nitrogens with zero attached hydrogens (tertiary/aromatic N) is 2. The van der Waals surface area contributed by atoms with Gasteiger partial charge in [-0.1, -0.05) is 20.8 Å². The molecular weight excluding hydrogens is 420 g/mol. The number of pyridine rings is 1. The van der Waals surface area contributed by atoms with Crippen molar-refractivity contribution in [1.29, 1.82) is 5.26 Å². The normalized spacial score (nSPS) is 20.9. The lowest BCUT2D eigenvalue weighted by molar-refractivity contribution is -0.0643. The molecule has 1 N–H and O–H groups in total. The Hall–Kier alpha value is -2.40. The van der Waals surface area contributed by atoms with Crippen LogP contribution in [0.15, 0.2) is 41.3 Å². The summed E-state index contributed by atoms with van der Waals surface area (Å²) in [6.45, 7) is 14.3. The van der Waals surface area contributed by atoms with Gasteiger partial charge in [0, 0.05) is 17.8 Å². The fourth-order valence-electron chi connectivity index (χ4n) is 4.05. The Labute approximate surface area is 192 Å². The molecule has 6 nitrogen and oxygen atoms in total. The monoisotopic (exact) mass is 453 g/mol. The number of hydrogen-bond acceptors (Lipinski definition) is 5. The highest BCUT2D eigenvalue weighted by Crippen LogP contribution is 2.41. The second-order valence-electron chi connectivity index (χ2n) is 10.3. The summed E-state index contributed by atoms with van der Waals surface area (Å²) in [5.41, 5.74) is 0.840. The number of aromatic nitrogens is 1. The molecule has 0 fully saturated rings. The van der Waals surface area contributed by atoms with Gasteiger partial charge in [-0.05, 0) is 68.6 Å². The molecule has 171 valence electrons. The molecule has 1 aliphatic rings. The fraction of sp³-hybridized carbons (Fsp3) is 0.520. The van der Waals surface area contributed by atoms with Gasteiger partial charge in [0.2, 0.25) is 9.04 Å². The summed E-state index contributed by atoms with van der Waals surface area (Å²) >= 11 is 0. The average Bonchev–Trinajstić information content (AvgIpc) is 2.68. The molecular formula is C25H33N2O4Si. The van der Waals surface area contributed by atoms with E-state index in [1.54, 1.807) is 48.9 Å². The van der Waals surface area contributed by atoms with Crippen LogP contribution in [0.4, 0.5) is 0 Å². The van der Waals surface area contributed by atoms with E-state index in [4.69, 9.17) is 9.16 Å². The molecule has 0 amide bonds. The van der Waals surface area contributed by atoms with Crippen molar-refractivity contribution in [3.05, 3.63) is 63.6 Å². The van der Waals surface area contributed by atoms with Gasteiger partial charge in [-0.3, -0.25) is 4.79 Å². The molecule has 1 unspecified atom stereocenters. The molecule has 1 aromatic heterocycles. The Bertz CT molecular complexity index is 1080. The molecule has 0 aliphatic carbocycles. The molecule has 1 aliphatic heterocycles. The van der Waals surface area contributed by atoms with Crippen LogP contribution < -0.4 is 10.3 Å². The van der Waals surface area contributed by atoms with E-state index < -0.39 is 26.8 Å². The van der Waals surface area contributed by atoms with Gasteiger partial charge in [0.05, 0.1) is 23.8 Å². The lowest BCUT2D eigenvalue weighted by atomic mass is 9.85. The molecule has 2 aromatic rings. The van der Waals surface area contributed by atoms with Gasteiger partial charge in [-0.2, -0.15) is 5.26 Å². The Morgan fingerprint density at radius 2 is 1.97 bits per heavy atom. The lowest BCUT2D eigenvalue weighted by Crippen LogP contribution is -2.52. The molecule has 3 rings (SSSR count). The van der Waals surface area contributed by atoms with Gasteiger partial charge in [0.15, 0.2) is 0 Å². The average molecular weight is 454 g/mol. The first-order valence-electron chi connectivity index (χ1n) is 10.9. The van der Waals surface area contributed by atoms with Crippen LogP contribution in [0.1, 0.15) is 57.4 Å². The minimum atomic E-state index is -0.969. The smallest absolute Gasteiger partial charge is 0.251 e. The minimum Gasteiger partial charge on any atom is -0.485 e. The van der Waals surface area contributed by atoms with Crippen LogP contribution in [-0.4, -0.2) is 36.5 Å². The van der Waals surface area contributed by atoms with Crippen molar-refractivity contribution < 1.29 is 14.3 Å². The minimum absolute atomic E-state index is 0.00755. The first-order chi connectivity index (χ1) is 14.8. The third-order valence-electron chi connectivity index (χ3n) is 5.92. The number of fused-ring (bicyclic) bond motifs is 1. The van der Waals surface area contributed by atoms with Gasteiger partial charge in [-0.25, -0.2) is 0 Å². The van der Waals surface area contributed by atoms with Crippen LogP contribution in [0.25, 0.3) is 0 Å². The number of nitriles is 1. The van der Waals surface area contributed by atoms with Crippen molar-refractivity contribution in [3.63, 3.8) is 0 Å². The molecule has 7 heteroatoms. The Morgan fingerprint density at radius 1 is 1.28 bits per heavy atom. The van der Waals surface area contributed by atoms with Crippen LogP contribution >= 0.6 is 0 Å². The maximum Gasteiger partial charge on any atom is 0.251 e. The third-order valence-corrected chi connectivity index (χ3v) is 6.68. The van der Waals surface area contributed by atoms with Crippen LogP contribution in [0, 0.1) is 16.7 Å². The summed E-state index contributed by atoms with van der Waals surface area (Å²) in [7, 11) is -0.886. The zero-order chi connectivity index (χ0) is 23.8. The number of benzene rings is 1. The zero-order valence-corrected chi connectivity index (χ0v) is 21.0. The van der Waals surface area contributed by atoms with Gasteiger partial charge < -0.3 is 18.8 Å². The van der Waals surface area contributed by atoms with E-state index in [0.29, 0.717) is 23.3 Å². The Balaban J connectivity index is 2.02. The lowest BCUT2D eigenvalue weighted by Gasteiger charge is -2.42. The summed E-state index contributed by atoms with van der Waals surface area (Å²) in [4.78, 5) is 13.2. The molecule has 2 heterocycles. The highest BCUT2D eigenvalue weighted by Gasteiger charge is 2.44. The van der Waals surface area contributed by atoms with E-state index in [1.165, 1.54) is 0 Å². The third kappa shape index (κ3) is 4.98. The molecule has 0 saturated heterocycles. The molecule has 0 bridgehead atoms. The summed E-state index contributed by atoms with van der Waals surface area (Å²) in [5.74, 6) is 0.571. The topological polar surface area (TPSA) is 84.5 Å². The van der Waals surface area contributed by atoms with Crippen LogP contribution in [0.5, 0.6) is 5.75 Å². The summed E-state index contributed by atoms with van der Waals surface area (Å²) < 4.78 is 13.8. The molecule has 1 aromatic carbocycles. The standard InChI is InChI=1S/C25H33N2O4Si/c1-24(2,3)20(31-32(6)7)13-16-10-11-27(21(28)14-16)22-18-12-17(15-26)8-9-19(18)30-25(4,5)23(22)29/h8-12,14,20,22-23,29H,13H2,1-7H3/t20?,22-,23+/m1/s1. The largest absolute Gasteiger partial charge is 0.485 e. The van der Waals surface area contributed by atoms with E-state index in [9.17, 15) is 15.2 Å². The summed E-state index contributed by atoms with van der Waals surface area (Å²) in [5, 5.41) is 20.5. The second-order valence-corrected chi connectivity index (χ2v) is 12.4. The zero-order valence-electron chi connectivity index (χ0n) is 20.0. The highest BCUT2D eigenvalue weighted by atomic mass is 28.3. The van der Waals surface area contributed by atoms with Gasteiger partial charge in [0.25, 0.3) is 5.56 Å². The number of aliphatic hydroxyl groups is 1. The van der Waals surface area contributed by atoms with E-state index in [-0.39, 0.29) is 17.1 Å². The predicted molar refractivity (Wildman–Crippen MR) is 126 cm³/mol. The van der Waals surface area contributed by atoms with Crippen molar-refractivity contribution >= 4 is 9.04 Å². The van der Waals surface area contributed by atoms with Crippen molar-refractivity contribution in [3.8, 4) is 11.8 Å². The molecule has 32 heavy (non-hydrogen) atoms. The number of rotatable bonds is 5. The van der Waals surface area contributed by atoms with E-state index in [1.807, 2.05) is 6.07 Å². The van der Waals surface area contributed by atoms with Crippen molar-refractivity contribution in [2.45, 2.75) is 78.0 Å². The fourth-order valence-corrected chi connectivity index (χ4v) is 5.05. The Morgan fingerprint density at radius 3 is 2.53 bits per heavy atom. The Kier molecular flexibility index (Phi) is 6.71. The van der Waals surface area contributed by atoms with E-state index >= 15 is 0 Å². The molecule has 1 radical (unpaired) electrons. The van der Waals surface area contributed by atoms with Crippen LogP contribution in [0.3, 0.4) is 0 Å². The quantitative estimate of drug-likeness (QED) is 0.690.